The molecule has 14 heteroatoms. The molecule has 42 heavy (non-hydrogen) atoms. The summed E-state index contributed by atoms with van der Waals surface area (Å²) in [6, 6.07) is 2.16. The summed E-state index contributed by atoms with van der Waals surface area (Å²) in [5.74, 6) is -7.02. The molecule has 2 aromatic carbocycles. The first-order chi connectivity index (χ1) is 19.2. The van der Waals surface area contributed by atoms with Crippen LogP contribution < -0.4 is 9.91 Å². The van der Waals surface area contributed by atoms with Crippen molar-refractivity contribution < 1.29 is 41.0 Å². The van der Waals surface area contributed by atoms with Crippen LogP contribution in [0.4, 0.5) is 37.7 Å². The summed E-state index contributed by atoms with van der Waals surface area (Å²) < 4.78 is 87.6. The van der Waals surface area contributed by atoms with E-state index in [1.54, 1.807) is 0 Å². The van der Waals surface area contributed by atoms with Crippen molar-refractivity contribution in [3.05, 3.63) is 58.4 Å². The van der Waals surface area contributed by atoms with Crippen LogP contribution in [0.1, 0.15) is 56.7 Å². The van der Waals surface area contributed by atoms with E-state index in [0.717, 1.165) is 29.1 Å². The maximum atomic E-state index is 15.0. The molecule has 3 aliphatic rings. The van der Waals surface area contributed by atoms with Crippen LogP contribution in [-0.2, 0) is 21.4 Å². The average molecular weight is 619 g/mol. The zero-order chi connectivity index (χ0) is 30.0. The lowest BCUT2D eigenvalue weighted by atomic mass is 9.78. The van der Waals surface area contributed by atoms with Gasteiger partial charge in [-0.25, -0.2) is 18.2 Å². The Morgan fingerprint density at radius 3 is 2.12 bits per heavy atom. The van der Waals surface area contributed by atoms with Crippen LogP contribution in [0, 0.1) is 23.4 Å². The number of amides is 2. The number of anilines is 2. The van der Waals surface area contributed by atoms with E-state index in [2.05, 4.69) is 10.0 Å². The second kappa shape index (κ2) is 11.2. The topological polar surface area (TPSA) is 76.5 Å². The zero-order valence-electron chi connectivity index (χ0n) is 22.9. The van der Waals surface area contributed by atoms with Crippen molar-refractivity contribution in [1.29, 1.82) is 0 Å². The van der Waals surface area contributed by atoms with Crippen LogP contribution in [0.5, 0.6) is 0 Å². The van der Waals surface area contributed by atoms with Crippen molar-refractivity contribution in [3.8, 4) is 0 Å². The fourth-order valence-corrected chi connectivity index (χ4v) is 6.17. The van der Waals surface area contributed by atoms with Gasteiger partial charge in [0.2, 0.25) is 5.60 Å². The number of carbonyl (C=O) groups excluding carboxylic acids is 2. The van der Waals surface area contributed by atoms with E-state index in [-0.39, 0.29) is 55.2 Å². The monoisotopic (exact) mass is 618 g/mol. The van der Waals surface area contributed by atoms with E-state index in [1.165, 1.54) is 6.92 Å². The summed E-state index contributed by atoms with van der Waals surface area (Å²) >= 11 is 0. The number of hydrogen-bond donors (Lipinski definition) is 1. The molecule has 0 radical (unpaired) electrons. The Hall–Kier alpha value is -3.16. The molecule has 228 valence electrons. The molecule has 2 heterocycles. The molecule has 2 aromatic rings. The third-order valence-electron chi connectivity index (χ3n) is 8.12. The Kier molecular flexibility index (Phi) is 8.44. The predicted octanol–water partition coefficient (Wildman–Crippen LogP) is 5.36. The Bertz CT molecular complexity index is 1430. The van der Waals surface area contributed by atoms with Crippen LogP contribution in [-0.4, -0.2) is 53.2 Å². The molecule has 2 amide bonds. The minimum Gasteiger partial charge on any atom is -0.371 e. The minimum absolute atomic E-state index is 0. The third-order valence-corrected chi connectivity index (χ3v) is 8.12. The summed E-state index contributed by atoms with van der Waals surface area (Å²) in [7, 11) is 0. The molecule has 1 atom stereocenters. The Morgan fingerprint density at radius 1 is 1.02 bits per heavy atom. The van der Waals surface area contributed by atoms with Crippen LogP contribution in [0.3, 0.4) is 0 Å². The van der Waals surface area contributed by atoms with Crippen LogP contribution >= 0.6 is 12.4 Å². The number of hydrazone groups is 1. The Labute approximate surface area is 244 Å². The van der Waals surface area contributed by atoms with Gasteiger partial charge in [-0.1, -0.05) is 13.8 Å². The van der Waals surface area contributed by atoms with Gasteiger partial charge in [-0.05, 0) is 50.9 Å². The highest BCUT2D eigenvalue weighted by molar-refractivity contribution is 6.14. The maximum absolute atomic E-state index is 15.0. The first-order valence-corrected chi connectivity index (χ1v) is 13.3. The van der Waals surface area contributed by atoms with Crippen molar-refractivity contribution in [2.75, 3.05) is 29.5 Å². The molecule has 1 N–H and O–H groups in total. The number of hydrogen-bond acceptors (Lipinski definition) is 5. The summed E-state index contributed by atoms with van der Waals surface area (Å²) in [5.41, 5.74) is -7.97. The molecule has 0 spiro atoms. The number of rotatable bonds is 7. The molecule has 2 aliphatic heterocycles. The van der Waals surface area contributed by atoms with Crippen molar-refractivity contribution in [2.45, 2.75) is 57.9 Å². The molecular weight excluding hydrogens is 590 g/mol. The number of halogens is 7. The molecular formula is C28H29ClF6N4O3. The number of fused-ring (bicyclic) bond motifs is 1. The summed E-state index contributed by atoms with van der Waals surface area (Å²) in [5, 5.41) is 16.5. The molecule has 1 aliphatic carbocycles. The van der Waals surface area contributed by atoms with Gasteiger partial charge >= 0.3 is 6.18 Å². The highest BCUT2D eigenvalue weighted by Crippen LogP contribution is 2.53. The largest absolute Gasteiger partial charge is 0.416 e. The first-order valence-electron chi connectivity index (χ1n) is 13.3. The lowest BCUT2D eigenvalue weighted by molar-refractivity contribution is -0.142. The molecule has 5 rings (SSSR count). The maximum Gasteiger partial charge on any atom is 0.416 e. The van der Waals surface area contributed by atoms with Gasteiger partial charge in [-0.3, -0.25) is 9.59 Å². The third kappa shape index (κ3) is 5.05. The van der Waals surface area contributed by atoms with Crippen LogP contribution in [0.25, 0.3) is 0 Å². The van der Waals surface area contributed by atoms with Gasteiger partial charge in [0.15, 0.2) is 0 Å². The molecule has 7 nitrogen and oxygen atoms in total. The first kappa shape index (κ1) is 31.8. The normalized spacial score (nSPS) is 23.7. The number of carbonyl (C=O) groups is 2. The van der Waals surface area contributed by atoms with E-state index in [1.807, 2.05) is 13.8 Å². The summed E-state index contributed by atoms with van der Waals surface area (Å²) in [6.07, 6.45) is -4.15. The molecule has 0 bridgehead atoms. The molecule has 1 unspecified atom stereocenters. The second-order valence-electron chi connectivity index (χ2n) is 10.7. The van der Waals surface area contributed by atoms with Gasteiger partial charge in [0.05, 0.1) is 28.9 Å². The highest BCUT2D eigenvalue weighted by Gasteiger charge is 2.58. The van der Waals surface area contributed by atoms with E-state index >= 15 is 8.78 Å². The van der Waals surface area contributed by atoms with Gasteiger partial charge in [0.25, 0.3) is 11.8 Å². The molecule has 1 fully saturated rings. The van der Waals surface area contributed by atoms with Gasteiger partial charge in [0, 0.05) is 36.0 Å². The smallest absolute Gasteiger partial charge is 0.371 e. The van der Waals surface area contributed by atoms with Crippen LogP contribution in [0.2, 0.25) is 0 Å². The van der Waals surface area contributed by atoms with Crippen molar-refractivity contribution in [1.82, 2.24) is 4.90 Å². The van der Waals surface area contributed by atoms with Crippen molar-refractivity contribution in [3.63, 3.8) is 0 Å². The molecule has 1 saturated carbocycles. The van der Waals surface area contributed by atoms with Crippen molar-refractivity contribution in [2.24, 2.45) is 11.0 Å². The van der Waals surface area contributed by atoms with E-state index < -0.39 is 63.4 Å². The Morgan fingerprint density at radius 2 is 1.62 bits per heavy atom. The fraction of sp³-hybridized carbons (Fsp3) is 0.464. The summed E-state index contributed by atoms with van der Waals surface area (Å²) in [6.45, 7) is 6.93. The zero-order valence-corrected chi connectivity index (χ0v) is 23.8. The van der Waals surface area contributed by atoms with Gasteiger partial charge in [0.1, 0.15) is 17.5 Å². The quantitative estimate of drug-likeness (QED) is 0.424. The Balaban J connectivity index is 0.00000405. The summed E-state index contributed by atoms with van der Waals surface area (Å²) in [4.78, 5) is 29.5. The lowest BCUT2D eigenvalue weighted by Gasteiger charge is -2.43. The second-order valence-corrected chi connectivity index (χ2v) is 10.7. The van der Waals surface area contributed by atoms with Gasteiger partial charge in [-0.15, -0.1) is 12.4 Å². The predicted molar refractivity (Wildman–Crippen MR) is 145 cm³/mol. The molecule has 0 aromatic heterocycles. The fourth-order valence-electron chi connectivity index (χ4n) is 6.17. The number of nitrogens with zero attached hydrogens (tertiary/aromatic N) is 4. The van der Waals surface area contributed by atoms with E-state index in [0.29, 0.717) is 24.6 Å². The highest BCUT2D eigenvalue weighted by atomic mass is 35.5. The SMILES string of the molecule is CCN(CC)C1CC(CN2C(=O)C(O)(c3c(F)cc(F)cc3F)c3c2cc(N2N=C(C)CC2=O)cc3C(F)(F)F)C1.Cl. The standard InChI is InChI=1S/C28H28F6N4O3.ClH/c1-4-36(5-2)17-7-15(8-17)13-37-22-12-18(38-23(39)6-14(3)35-38)11-19(28(32,33)34)24(22)27(41,26(37)40)25-20(30)9-16(29)10-21(25)31;/h9-12,15,17,41H,4-8,13H2,1-3H3;1H. The van der Waals surface area contributed by atoms with E-state index in [9.17, 15) is 32.3 Å². The molecule has 0 saturated heterocycles. The average Bonchev–Trinajstić information content (AvgIpc) is 3.29. The number of benzene rings is 2. The lowest BCUT2D eigenvalue weighted by Crippen LogP contribution is -2.50. The number of alkyl halides is 3. The van der Waals surface area contributed by atoms with E-state index in [4.69, 9.17) is 0 Å². The number of aliphatic hydroxyl groups is 1. The minimum atomic E-state index is -5.23. The van der Waals surface area contributed by atoms with Crippen molar-refractivity contribution >= 4 is 41.3 Å². The van der Waals surface area contributed by atoms with Gasteiger partial charge in [-0.2, -0.15) is 18.3 Å². The van der Waals surface area contributed by atoms with Crippen LogP contribution in [0.15, 0.2) is 29.4 Å². The van der Waals surface area contributed by atoms with Gasteiger partial charge < -0.3 is 14.9 Å².